The van der Waals surface area contributed by atoms with Gasteiger partial charge in [0.2, 0.25) is 5.95 Å². The zero-order chi connectivity index (χ0) is 25.9. The molecule has 1 N–H and O–H groups in total. The molecule has 10 nitrogen and oxygen atoms in total. The van der Waals surface area contributed by atoms with Gasteiger partial charge in [0.1, 0.15) is 16.7 Å². The molecule has 36 heavy (non-hydrogen) atoms. The second kappa shape index (κ2) is 10.7. The number of methoxy groups -OCH3 is 2. The molecule has 0 bridgehead atoms. The average molecular weight is 532 g/mol. The van der Waals surface area contributed by atoms with Gasteiger partial charge >= 0.3 is 0 Å². The number of halogens is 1. The van der Waals surface area contributed by atoms with Gasteiger partial charge in [0.15, 0.2) is 11.5 Å². The Kier molecular flexibility index (Phi) is 7.62. The van der Waals surface area contributed by atoms with Crippen molar-refractivity contribution in [2.45, 2.75) is 31.7 Å². The molecule has 0 aliphatic heterocycles. The SMILES string of the molecule is COc1ccc(CNc2nc(Cl)c(C)c3nc(CCOS(=O)(=O)c4ccc(C)cc4)nn23)c(OC)c1. The van der Waals surface area contributed by atoms with E-state index in [1.165, 1.54) is 12.1 Å². The molecule has 4 rings (SSSR count). The minimum atomic E-state index is -3.88. The molecule has 0 radical (unpaired) electrons. The lowest BCUT2D eigenvalue weighted by Gasteiger charge is -2.12. The zero-order valence-electron chi connectivity index (χ0n) is 20.3. The van der Waals surface area contributed by atoms with Crippen molar-refractivity contribution in [3.8, 4) is 11.5 Å². The number of hydrogen-bond acceptors (Lipinski definition) is 9. The van der Waals surface area contributed by atoms with Crippen molar-refractivity contribution < 1.29 is 22.1 Å². The van der Waals surface area contributed by atoms with Crippen LogP contribution < -0.4 is 14.8 Å². The Morgan fingerprint density at radius 3 is 2.47 bits per heavy atom. The summed E-state index contributed by atoms with van der Waals surface area (Å²) < 4.78 is 42.3. The molecule has 4 aromatic rings. The molecule has 0 spiro atoms. The van der Waals surface area contributed by atoms with Crippen LogP contribution in [0.15, 0.2) is 47.4 Å². The summed E-state index contributed by atoms with van der Waals surface area (Å²) in [4.78, 5) is 9.03. The smallest absolute Gasteiger partial charge is 0.296 e. The summed E-state index contributed by atoms with van der Waals surface area (Å²) in [5.41, 5.74) is 2.99. The van der Waals surface area contributed by atoms with E-state index < -0.39 is 10.1 Å². The number of hydrogen-bond donors (Lipinski definition) is 1. The standard InChI is InChI=1S/C24H26ClN5O5S/c1-15-5-9-19(10-6-15)36(31,32)35-12-11-21-27-23-16(2)22(25)28-24(30(23)29-21)26-14-17-7-8-18(33-3)13-20(17)34-4/h5-10,13H,11-12,14H2,1-4H3,(H,26,28). The van der Waals surface area contributed by atoms with Gasteiger partial charge in [-0.05, 0) is 38.1 Å². The molecule has 0 saturated heterocycles. The van der Waals surface area contributed by atoms with Crippen LogP contribution in [0.25, 0.3) is 5.65 Å². The summed E-state index contributed by atoms with van der Waals surface area (Å²) in [6.07, 6.45) is 0.176. The minimum absolute atomic E-state index is 0.100. The second-order valence-corrected chi connectivity index (χ2v) is 9.96. The summed E-state index contributed by atoms with van der Waals surface area (Å²) in [6.45, 7) is 3.94. The van der Waals surface area contributed by atoms with Crippen molar-refractivity contribution in [1.29, 1.82) is 0 Å². The van der Waals surface area contributed by atoms with Gasteiger partial charge in [0.05, 0.1) is 25.7 Å². The van der Waals surface area contributed by atoms with Crippen molar-refractivity contribution in [3.05, 3.63) is 70.1 Å². The van der Waals surface area contributed by atoms with Crippen LogP contribution in [0.4, 0.5) is 5.95 Å². The number of benzene rings is 2. The third-order valence-corrected chi connectivity index (χ3v) is 7.20. The fraction of sp³-hybridized carbons (Fsp3) is 0.292. The highest BCUT2D eigenvalue weighted by Gasteiger charge is 2.18. The normalized spacial score (nSPS) is 11.6. The number of fused-ring (bicyclic) bond motifs is 1. The summed E-state index contributed by atoms with van der Waals surface area (Å²) in [7, 11) is -0.704. The molecule has 2 aromatic carbocycles. The molecule has 0 aliphatic carbocycles. The summed E-state index contributed by atoms with van der Waals surface area (Å²) in [6, 6.07) is 12.0. The van der Waals surface area contributed by atoms with Crippen molar-refractivity contribution in [2.24, 2.45) is 0 Å². The quantitative estimate of drug-likeness (QED) is 0.239. The van der Waals surface area contributed by atoms with Gasteiger partial charge in [-0.3, -0.25) is 4.18 Å². The van der Waals surface area contributed by atoms with Crippen LogP contribution in [0.5, 0.6) is 11.5 Å². The molecule has 0 fully saturated rings. The summed E-state index contributed by atoms with van der Waals surface area (Å²) in [5, 5.41) is 8.00. The first-order valence-corrected chi connectivity index (χ1v) is 12.8. The first kappa shape index (κ1) is 25.7. The number of aromatic nitrogens is 4. The third kappa shape index (κ3) is 5.53. The number of rotatable bonds is 10. The van der Waals surface area contributed by atoms with Crippen LogP contribution in [0.3, 0.4) is 0 Å². The molecule has 0 atom stereocenters. The van der Waals surface area contributed by atoms with Gasteiger partial charge in [0.25, 0.3) is 10.1 Å². The van der Waals surface area contributed by atoms with E-state index >= 15 is 0 Å². The molecule has 2 heterocycles. The van der Waals surface area contributed by atoms with E-state index in [1.807, 2.05) is 19.1 Å². The molecular weight excluding hydrogens is 506 g/mol. The third-order valence-electron chi connectivity index (χ3n) is 5.51. The van der Waals surface area contributed by atoms with Crippen LogP contribution in [-0.4, -0.2) is 48.8 Å². The molecule has 0 amide bonds. The Morgan fingerprint density at radius 2 is 1.78 bits per heavy atom. The van der Waals surface area contributed by atoms with Gasteiger partial charge < -0.3 is 14.8 Å². The second-order valence-electron chi connectivity index (χ2n) is 7.99. The minimum Gasteiger partial charge on any atom is -0.497 e. The van der Waals surface area contributed by atoms with E-state index in [9.17, 15) is 8.42 Å². The van der Waals surface area contributed by atoms with E-state index in [0.717, 1.165) is 11.1 Å². The van der Waals surface area contributed by atoms with Gasteiger partial charge in [-0.15, -0.1) is 5.10 Å². The topological polar surface area (TPSA) is 117 Å². The maximum absolute atomic E-state index is 12.4. The number of ether oxygens (including phenoxy) is 2. The Balaban J connectivity index is 1.51. The first-order chi connectivity index (χ1) is 17.2. The zero-order valence-corrected chi connectivity index (χ0v) is 21.9. The Bertz CT molecular complexity index is 1490. The van der Waals surface area contributed by atoms with E-state index in [0.29, 0.717) is 41.0 Å². The van der Waals surface area contributed by atoms with Crippen molar-refractivity contribution in [1.82, 2.24) is 19.6 Å². The lowest BCUT2D eigenvalue weighted by atomic mass is 10.2. The lowest BCUT2D eigenvalue weighted by molar-refractivity contribution is 0.319. The molecule has 190 valence electrons. The Labute approximate surface area is 214 Å². The van der Waals surface area contributed by atoms with Gasteiger partial charge in [0, 0.05) is 30.2 Å². The molecule has 0 aliphatic rings. The van der Waals surface area contributed by atoms with E-state index in [4.69, 9.17) is 25.3 Å². The highest BCUT2D eigenvalue weighted by Crippen LogP contribution is 2.26. The van der Waals surface area contributed by atoms with Crippen LogP contribution >= 0.6 is 11.6 Å². The number of anilines is 1. The summed E-state index contributed by atoms with van der Waals surface area (Å²) >= 11 is 6.35. The summed E-state index contributed by atoms with van der Waals surface area (Å²) in [5.74, 6) is 2.11. The van der Waals surface area contributed by atoms with Crippen molar-refractivity contribution in [2.75, 3.05) is 26.1 Å². The molecule has 2 aromatic heterocycles. The van der Waals surface area contributed by atoms with E-state index in [1.54, 1.807) is 43.9 Å². The van der Waals surface area contributed by atoms with Crippen molar-refractivity contribution >= 4 is 33.3 Å². The molecule has 12 heteroatoms. The van der Waals surface area contributed by atoms with Crippen LogP contribution in [0, 0.1) is 13.8 Å². The van der Waals surface area contributed by atoms with Gasteiger partial charge in [-0.2, -0.15) is 12.9 Å². The average Bonchev–Trinajstić information content (AvgIpc) is 3.30. The van der Waals surface area contributed by atoms with Crippen LogP contribution in [0.1, 0.15) is 22.5 Å². The lowest BCUT2D eigenvalue weighted by Crippen LogP contribution is -2.10. The number of nitrogens with zero attached hydrogens (tertiary/aromatic N) is 4. The first-order valence-electron chi connectivity index (χ1n) is 11.0. The number of nitrogens with one attached hydrogen (secondary N) is 1. The molecule has 0 unspecified atom stereocenters. The highest BCUT2D eigenvalue weighted by atomic mass is 35.5. The van der Waals surface area contributed by atoms with Crippen molar-refractivity contribution in [3.63, 3.8) is 0 Å². The molecular formula is C24H26ClN5O5S. The van der Waals surface area contributed by atoms with E-state index in [-0.39, 0.29) is 23.1 Å². The van der Waals surface area contributed by atoms with Crippen LogP contribution in [-0.2, 0) is 27.3 Å². The van der Waals surface area contributed by atoms with Gasteiger partial charge in [-0.25, -0.2) is 9.97 Å². The largest absolute Gasteiger partial charge is 0.497 e. The number of aryl methyl sites for hydroxylation is 2. The highest BCUT2D eigenvalue weighted by molar-refractivity contribution is 7.86. The van der Waals surface area contributed by atoms with Crippen LogP contribution in [0.2, 0.25) is 5.15 Å². The monoisotopic (exact) mass is 531 g/mol. The maximum Gasteiger partial charge on any atom is 0.296 e. The molecule has 0 saturated carbocycles. The Hall–Kier alpha value is -3.41. The Morgan fingerprint density at radius 1 is 1.03 bits per heavy atom. The van der Waals surface area contributed by atoms with E-state index in [2.05, 4.69) is 20.4 Å². The fourth-order valence-corrected chi connectivity index (χ4v) is 4.54. The fourth-order valence-electron chi connectivity index (χ4n) is 3.47. The van der Waals surface area contributed by atoms with Gasteiger partial charge in [-0.1, -0.05) is 29.3 Å². The predicted octanol–water partition coefficient (Wildman–Crippen LogP) is 3.97. The predicted molar refractivity (Wildman–Crippen MR) is 135 cm³/mol. The maximum atomic E-state index is 12.4.